The highest BCUT2D eigenvalue weighted by molar-refractivity contribution is 7.99. The quantitative estimate of drug-likeness (QED) is 0.334. The molecule has 1 aliphatic heterocycles. The Labute approximate surface area is 198 Å². The Morgan fingerprint density at radius 2 is 1.85 bits per heavy atom. The molecular formula is C24H18ClN3O4S. The second-order valence-corrected chi connectivity index (χ2v) is 8.61. The SMILES string of the molecule is O=C(CSc1nc2ccccc2c(=O)n1-c1cccc(Cl)c1)Nc1ccc2c(c1)OCCO2. The van der Waals surface area contributed by atoms with Crippen LogP contribution in [0.15, 0.2) is 76.7 Å². The van der Waals surface area contributed by atoms with E-state index in [1.807, 2.05) is 6.07 Å². The van der Waals surface area contributed by atoms with E-state index in [1.165, 1.54) is 16.3 Å². The molecule has 7 nitrogen and oxygen atoms in total. The number of para-hydroxylation sites is 1. The van der Waals surface area contributed by atoms with E-state index >= 15 is 0 Å². The lowest BCUT2D eigenvalue weighted by molar-refractivity contribution is -0.113. The van der Waals surface area contributed by atoms with Gasteiger partial charge in [0, 0.05) is 16.8 Å². The van der Waals surface area contributed by atoms with E-state index in [0.717, 1.165) is 0 Å². The van der Waals surface area contributed by atoms with E-state index in [4.69, 9.17) is 21.1 Å². The van der Waals surface area contributed by atoms with Gasteiger partial charge in [-0.05, 0) is 42.5 Å². The molecule has 3 aromatic carbocycles. The first kappa shape index (κ1) is 21.4. The van der Waals surface area contributed by atoms with Gasteiger partial charge < -0.3 is 14.8 Å². The number of anilines is 1. The summed E-state index contributed by atoms with van der Waals surface area (Å²) in [4.78, 5) is 30.6. The minimum absolute atomic E-state index is 0.0553. The van der Waals surface area contributed by atoms with Gasteiger partial charge in [-0.3, -0.25) is 14.2 Å². The summed E-state index contributed by atoms with van der Waals surface area (Å²) < 4.78 is 12.6. The minimum Gasteiger partial charge on any atom is -0.486 e. The molecule has 0 saturated heterocycles. The number of halogens is 1. The van der Waals surface area contributed by atoms with Crippen molar-refractivity contribution in [3.63, 3.8) is 0 Å². The first-order valence-corrected chi connectivity index (χ1v) is 11.5. The standard InChI is InChI=1S/C24H18ClN3O4S/c25-15-4-3-5-17(12-15)28-23(30)18-6-1-2-7-19(18)27-24(28)33-14-22(29)26-16-8-9-20-21(13-16)32-11-10-31-20/h1-9,12-13H,10-11,14H2,(H,26,29). The van der Waals surface area contributed by atoms with Crippen molar-refractivity contribution in [2.45, 2.75) is 5.16 Å². The topological polar surface area (TPSA) is 82.5 Å². The molecule has 9 heteroatoms. The first-order valence-electron chi connectivity index (χ1n) is 10.2. The van der Waals surface area contributed by atoms with Crippen LogP contribution < -0.4 is 20.3 Å². The number of hydrogen-bond acceptors (Lipinski definition) is 6. The van der Waals surface area contributed by atoms with Gasteiger partial charge >= 0.3 is 0 Å². The van der Waals surface area contributed by atoms with Crippen molar-refractivity contribution in [2.24, 2.45) is 0 Å². The summed E-state index contributed by atoms with van der Waals surface area (Å²) in [5.74, 6) is 1.06. The molecule has 33 heavy (non-hydrogen) atoms. The van der Waals surface area contributed by atoms with Gasteiger partial charge in [0.05, 0.1) is 22.3 Å². The third-order valence-corrected chi connectivity index (χ3v) is 6.14. The summed E-state index contributed by atoms with van der Waals surface area (Å²) >= 11 is 7.33. The van der Waals surface area contributed by atoms with Gasteiger partial charge in [-0.25, -0.2) is 4.98 Å². The van der Waals surface area contributed by atoms with Crippen LogP contribution in [0.5, 0.6) is 11.5 Å². The van der Waals surface area contributed by atoms with Gasteiger partial charge in [0.15, 0.2) is 16.7 Å². The molecule has 0 fully saturated rings. The number of ether oxygens (including phenoxy) is 2. The smallest absolute Gasteiger partial charge is 0.266 e. The van der Waals surface area contributed by atoms with E-state index in [-0.39, 0.29) is 17.2 Å². The highest BCUT2D eigenvalue weighted by atomic mass is 35.5. The van der Waals surface area contributed by atoms with Gasteiger partial charge in [0.2, 0.25) is 5.91 Å². The summed E-state index contributed by atoms with van der Waals surface area (Å²) in [5, 5.41) is 4.24. The second kappa shape index (κ2) is 9.17. The fourth-order valence-corrected chi connectivity index (χ4v) is 4.50. The van der Waals surface area contributed by atoms with Crippen molar-refractivity contribution in [2.75, 3.05) is 24.3 Å². The van der Waals surface area contributed by atoms with E-state index in [2.05, 4.69) is 10.3 Å². The second-order valence-electron chi connectivity index (χ2n) is 7.23. The van der Waals surface area contributed by atoms with Crippen LogP contribution in [0.3, 0.4) is 0 Å². The Bertz CT molecular complexity index is 1420. The van der Waals surface area contributed by atoms with E-state index in [0.29, 0.717) is 57.2 Å². The molecule has 1 aliphatic rings. The lowest BCUT2D eigenvalue weighted by Gasteiger charge is -2.19. The number of aromatic nitrogens is 2. The number of hydrogen-bond donors (Lipinski definition) is 1. The van der Waals surface area contributed by atoms with Crippen LogP contribution >= 0.6 is 23.4 Å². The molecule has 0 spiro atoms. The maximum absolute atomic E-state index is 13.3. The molecule has 0 aliphatic carbocycles. The molecule has 0 unspecified atom stereocenters. The van der Waals surface area contributed by atoms with Gasteiger partial charge in [0.1, 0.15) is 13.2 Å². The molecule has 1 N–H and O–H groups in total. The Morgan fingerprint density at radius 3 is 2.70 bits per heavy atom. The summed E-state index contributed by atoms with van der Waals surface area (Å²) in [7, 11) is 0. The van der Waals surface area contributed by atoms with Crippen molar-refractivity contribution < 1.29 is 14.3 Å². The average molecular weight is 480 g/mol. The zero-order valence-corrected chi connectivity index (χ0v) is 18.9. The summed E-state index contributed by atoms with van der Waals surface area (Å²) in [6.07, 6.45) is 0. The average Bonchev–Trinajstić information content (AvgIpc) is 2.83. The van der Waals surface area contributed by atoms with Crippen LogP contribution in [-0.2, 0) is 4.79 Å². The van der Waals surface area contributed by atoms with Crippen LogP contribution in [0.25, 0.3) is 16.6 Å². The zero-order valence-electron chi connectivity index (χ0n) is 17.3. The predicted octanol–water partition coefficient (Wildman–Crippen LogP) is 4.54. The van der Waals surface area contributed by atoms with E-state index < -0.39 is 0 Å². The molecule has 0 saturated carbocycles. The normalized spacial score (nSPS) is 12.5. The first-order chi connectivity index (χ1) is 16.1. The highest BCUT2D eigenvalue weighted by Crippen LogP contribution is 2.32. The molecule has 2 heterocycles. The largest absolute Gasteiger partial charge is 0.486 e. The molecule has 4 aromatic rings. The van der Waals surface area contributed by atoms with Gasteiger partial charge in [-0.1, -0.05) is 41.6 Å². The van der Waals surface area contributed by atoms with Crippen molar-refractivity contribution in [1.82, 2.24) is 9.55 Å². The maximum atomic E-state index is 13.3. The summed E-state index contributed by atoms with van der Waals surface area (Å²) in [6, 6.07) is 19.3. The van der Waals surface area contributed by atoms with Crippen molar-refractivity contribution in [3.05, 3.63) is 82.1 Å². The Kier molecular flexibility index (Phi) is 5.93. The number of fused-ring (bicyclic) bond motifs is 2. The van der Waals surface area contributed by atoms with Gasteiger partial charge in [0.25, 0.3) is 5.56 Å². The zero-order chi connectivity index (χ0) is 22.8. The lowest BCUT2D eigenvalue weighted by Crippen LogP contribution is -2.23. The number of carbonyl (C=O) groups is 1. The number of amides is 1. The fraction of sp³-hybridized carbons (Fsp3) is 0.125. The predicted molar refractivity (Wildman–Crippen MR) is 129 cm³/mol. The van der Waals surface area contributed by atoms with Crippen LogP contribution in [0.1, 0.15) is 0 Å². The molecule has 166 valence electrons. The summed E-state index contributed by atoms with van der Waals surface area (Å²) in [5.41, 5.74) is 1.53. The van der Waals surface area contributed by atoms with Crippen molar-refractivity contribution in [1.29, 1.82) is 0 Å². The van der Waals surface area contributed by atoms with E-state index in [9.17, 15) is 9.59 Å². The fourth-order valence-electron chi connectivity index (χ4n) is 3.50. The third-order valence-electron chi connectivity index (χ3n) is 4.97. The number of thioether (sulfide) groups is 1. The number of carbonyl (C=O) groups excluding carboxylic acids is 1. The molecule has 0 radical (unpaired) electrons. The van der Waals surface area contributed by atoms with Gasteiger partial charge in [-0.2, -0.15) is 0 Å². The monoisotopic (exact) mass is 479 g/mol. The Balaban J connectivity index is 1.42. The molecule has 0 atom stereocenters. The van der Waals surface area contributed by atoms with Crippen LogP contribution in [0, 0.1) is 0 Å². The number of benzene rings is 3. The van der Waals surface area contributed by atoms with Crippen molar-refractivity contribution >= 4 is 45.9 Å². The van der Waals surface area contributed by atoms with Crippen molar-refractivity contribution in [3.8, 4) is 17.2 Å². The van der Waals surface area contributed by atoms with Crippen LogP contribution in [0.2, 0.25) is 5.02 Å². The Hall–Kier alpha value is -3.49. The highest BCUT2D eigenvalue weighted by Gasteiger charge is 2.16. The van der Waals surface area contributed by atoms with Crippen LogP contribution in [0.4, 0.5) is 5.69 Å². The number of nitrogens with one attached hydrogen (secondary N) is 1. The molecule has 1 amide bonds. The minimum atomic E-state index is -0.239. The Morgan fingerprint density at radius 1 is 1.03 bits per heavy atom. The number of nitrogens with zero attached hydrogens (tertiary/aromatic N) is 2. The molecular weight excluding hydrogens is 462 g/mol. The number of rotatable bonds is 5. The summed E-state index contributed by atoms with van der Waals surface area (Å²) in [6.45, 7) is 0.970. The van der Waals surface area contributed by atoms with E-state index in [1.54, 1.807) is 60.7 Å². The molecule has 1 aromatic heterocycles. The lowest BCUT2D eigenvalue weighted by atomic mass is 10.2. The molecule has 5 rings (SSSR count). The molecule has 0 bridgehead atoms. The third kappa shape index (κ3) is 4.53. The van der Waals surface area contributed by atoms with Gasteiger partial charge in [-0.15, -0.1) is 0 Å². The maximum Gasteiger partial charge on any atom is 0.266 e. The van der Waals surface area contributed by atoms with Crippen LogP contribution in [-0.4, -0.2) is 34.4 Å².